The van der Waals surface area contributed by atoms with E-state index in [1.165, 1.54) is 5.56 Å². The Morgan fingerprint density at radius 1 is 1.32 bits per heavy atom. The van der Waals surface area contributed by atoms with Gasteiger partial charge < -0.3 is 4.42 Å². The van der Waals surface area contributed by atoms with E-state index in [4.69, 9.17) is 4.42 Å². The molecule has 2 atom stereocenters. The van der Waals surface area contributed by atoms with Crippen molar-refractivity contribution < 1.29 is 8.63 Å². The molecule has 19 heavy (non-hydrogen) atoms. The Bertz CT molecular complexity index is 583. The molecule has 1 aromatic carbocycles. The molecule has 0 aliphatic rings. The second-order valence-electron chi connectivity index (χ2n) is 5.90. The summed E-state index contributed by atoms with van der Waals surface area (Å²) in [6, 6.07) is 8.30. The molecule has 0 aliphatic carbocycles. The highest BCUT2D eigenvalue weighted by atomic mass is 32.2. The maximum Gasteiger partial charge on any atom is 0.133 e. The molecule has 0 aliphatic heterocycles. The Hall–Kier alpha value is -1.13. The Balaban J connectivity index is 2.02. The highest BCUT2D eigenvalue weighted by molar-refractivity contribution is 7.84. The van der Waals surface area contributed by atoms with Gasteiger partial charge in [0.1, 0.15) is 5.58 Å². The van der Waals surface area contributed by atoms with Crippen LogP contribution >= 0.6 is 0 Å². The minimum absolute atomic E-state index is 0.171. The van der Waals surface area contributed by atoms with Gasteiger partial charge in [0.15, 0.2) is 0 Å². The maximum atomic E-state index is 12.0. The summed E-state index contributed by atoms with van der Waals surface area (Å²) < 4.78 is 20.3. The van der Waals surface area contributed by atoms with Crippen LogP contribution in [-0.4, -0.2) is 15.0 Å². The molecule has 0 amide bonds. The summed E-state index contributed by atoms with van der Waals surface area (Å²) in [6.07, 6.45) is 2.55. The minimum atomic E-state index is -1.03. The van der Waals surface area contributed by atoms with Crippen molar-refractivity contribution in [1.29, 1.82) is 0 Å². The minimum Gasteiger partial charge on any atom is -0.464 e. The van der Waals surface area contributed by atoms with Crippen LogP contribution in [0.1, 0.15) is 33.3 Å². The van der Waals surface area contributed by atoms with Gasteiger partial charge in [0.05, 0.1) is 22.0 Å². The molecule has 1 aromatic heterocycles. The van der Waals surface area contributed by atoms with E-state index in [2.05, 4.69) is 23.8 Å². The number of nitrogens with one attached hydrogen (secondary N) is 1. The van der Waals surface area contributed by atoms with Gasteiger partial charge in [-0.3, -0.25) is 0 Å². The normalized spacial score (nSPS) is 15.6. The third kappa shape index (κ3) is 3.67. The summed E-state index contributed by atoms with van der Waals surface area (Å²) >= 11 is 0. The van der Waals surface area contributed by atoms with E-state index in [1.54, 1.807) is 6.26 Å². The fraction of sp³-hybridized carbons (Fsp3) is 0.467. The van der Waals surface area contributed by atoms with Crippen molar-refractivity contribution in [2.75, 3.05) is 0 Å². The van der Waals surface area contributed by atoms with Crippen LogP contribution in [0.25, 0.3) is 11.0 Å². The van der Waals surface area contributed by atoms with E-state index >= 15 is 0 Å². The predicted molar refractivity (Wildman–Crippen MR) is 80.4 cm³/mol. The smallest absolute Gasteiger partial charge is 0.133 e. The lowest BCUT2D eigenvalue weighted by atomic mass is 10.1. The zero-order valence-electron chi connectivity index (χ0n) is 11.9. The second-order valence-corrected chi connectivity index (χ2v) is 7.89. The molecule has 0 spiro atoms. The lowest BCUT2D eigenvalue weighted by Gasteiger charge is -2.22. The third-order valence-corrected chi connectivity index (χ3v) is 4.65. The molecule has 1 unspecified atom stereocenters. The number of fused-ring (bicyclic) bond motifs is 1. The van der Waals surface area contributed by atoms with Crippen molar-refractivity contribution in [2.24, 2.45) is 0 Å². The number of benzene rings is 1. The fourth-order valence-corrected chi connectivity index (χ4v) is 2.70. The molecule has 0 saturated carbocycles. The summed E-state index contributed by atoms with van der Waals surface area (Å²) in [6.45, 7) is 7.98. The van der Waals surface area contributed by atoms with Crippen LogP contribution < -0.4 is 4.72 Å². The van der Waals surface area contributed by atoms with Crippen molar-refractivity contribution in [1.82, 2.24) is 4.72 Å². The Kier molecular flexibility index (Phi) is 4.11. The summed E-state index contributed by atoms with van der Waals surface area (Å²) in [5, 5.41) is 1.11. The Morgan fingerprint density at radius 3 is 2.74 bits per heavy atom. The molecule has 4 heteroatoms. The predicted octanol–water partition coefficient (Wildman–Crippen LogP) is 3.42. The lowest BCUT2D eigenvalue weighted by Crippen LogP contribution is -2.39. The van der Waals surface area contributed by atoms with E-state index in [0.29, 0.717) is 0 Å². The number of hydrogen-bond acceptors (Lipinski definition) is 2. The van der Waals surface area contributed by atoms with E-state index in [-0.39, 0.29) is 10.8 Å². The highest BCUT2D eigenvalue weighted by Gasteiger charge is 2.21. The first-order valence-electron chi connectivity index (χ1n) is 6.50. The van der Waals surface area contributed by atoms with Gasteiger partial charge in [-0.05, 0) is 57.9 Å². The highest BCUT2D eigenvalue weighted by Crippen LogP contribution is 2.18. The van der Waals surface area contributed by atoms with Crippen molar-refractivity contribution in [3.8, 4) is 0 Å². The summed E-state index contributed by atoms with van der Waals surface area (Å²) in [5.74, 6) is 0. The maximum absolute atomic E-state index is 12.0. The quantitative estimate of drug-likeness (QED) is 0.932. The number of furan rings is 1. The van der Waals surface area contributed by atoms with Gasteiger partial charge in [-0.25, -0.2) is 8.93 Å². The molecule has 0 saturated heterocycles. The van der Waals surface area contributed by atoms with Gasteiger partial charge in [0.2, 0.25) is 0 Å². The van der Waals surface area contributed by atoms with Crippen LogP contribution in [0, 0.1) is 0 Å². The monoisotopic (exact) mass is 279 g/mol. The van der Waals surface area contributed by atoms with Crippen LogP contribution in [0.3, 0.4) is 0 Å². The molecule has 1 heterocycles. The average Bonchev–Trinajstić information content (AvgIpc) is 2.74. The summed E-state index contributed by atoms with van der Waals surface area (Å²) in [7, 11) is -1.03. The standard InChI is InChI=1S/C15H21NO2S/c1-11(16-19(17)15(2,3)4)9-12-5-6-14-13(10-12)7-8-18-14/h5-8,10-11,16H,9H2,1-4H3/t11-,19?/m0/s1. The first-order valence-corrected chi connectivity index (χ1v) is 7.65. The summed E-state index contributed by atoms with van der Waals surface area (Å²) in [5.41, 5.74) is 2.13. The van der Waals surface area contributed by atoms with Crippen molar-refractivity contribution >= 4 is 22.0 Å². The molecule has 1 N–H and O–H groups in total. The van der Waals surface area contributed by atoms with E-state index in [9.17, 15) is 4.21 Å². The molecule has 2 rings (SSSR count). The average molecular weight is 279 g/mol. The molecule has 104 valence electrons. The van der Waals surface area contributed by atoms with Gasteiger partial charge in [0.25, 0.3) is 0 Å². The third-order valence-electron chi connectivity index (χ3n) is 2.92. The first kappa shape index (κ1) is 14.3. The molecule has 3 nitrogen and oxygen atoms in total. The molecule has 0 fully saturated rings. The van der Waals surface area contributed by atoms with Crippen molar-refractivity contribution in [2.45, 2.75) is 44.9 Å². The fourth-order valence-electron chi connectivity index (χ4n) is 1.90. The first-order chi connectivity index (χ1) is 8.86. The molecular weight excluding hydrogens is 258 g/mol. The molecule has 2 aromatic rings. The molecule has 0 bridgehead atoms. The van der Waals surface area contributed by atoms with Crippen molar-refractivity contribution in [3.63, 3.8) is 0 Å². The largest absolute Gasteiger partial charge is 0.464 e. The molecule has 0 radical (unpaired) electrons. The Labute approximate surface area is 117 Å². The zero-order valence-corrected chi connectivity index (χ0v) is 12.7. The van der Waals surface area contributed by atoms with Gasteiger partial charge in [-0.1, -0.05) is 6.07 Å². The van der Waals surface area contributed by atoms with E-state index in [1.807, 2.05) is 32.9 Å². The zero-order chi connectivity index (χ0) is 14.0. The van der Waals surface area contributed by atoms with Crippen LogP contribution in [0.4, 0.5) is 0 Å². The number of rotatable bonds is 4. The SMILES string of the molecule is C[C@@H](Cc1ccc2occc2c1)NS(=O)C(C)(C)C. The van der Waals surface area contributed by atoms with Crippen LogP contribution in [0.15, 0.2) is 34.9 Å². The van der Waals surface area contributed by atoms with Crippen LogP contribution in [0.5, 0.6) is 0 Å². The summed E-state index contributed by atoms with van der Waals surface area (Å²) in [4.78, 5) is 0. The van der Waals surface area contributed by atoms with Gasteiger partial charge in [0, 0.05) is 11.4 Å². The van der Waals surface area contributed by atoms with Gasteiger partial charge in [-0.15, -0.1) is 0 Å². The lowest BCUT2D eigenvalue weighted by molar-refractivity contribution is 0.603. The van der Waals surface area contributed by atoms with Crippen molar-refractivity contribution in [3.05, 3.63) is 36.1 Å². The van der Waals surface area contributed by atoms with Crippen LogP contribution in [0.2, 0.25) is 0 Å². The van der Waals surface area contributed by atoms with E-state index in [0.717, 1.165) is 17.4 Å². The topological polar surface area (TPSA) is 42.2 Å². The number of hydrogen-bond donors (Lipinski definition) is 1. The van der Waals surface area contributed by atoms with E-state index < -0.39 is 11.0 Å². The molecular formula is C15H21NO2S. The second kappa shape index (κ2) is 5.47. The van der Waals surface area contributed by atoms with Gasteiger partial charge >= 0.3 is 0 Å². The Morgan fingerprint density at radius 2 is 2.05 bits per heavy atom. The van der Waals surface area contributed by atoms with Gasteiger partial charge in [-0.2, -0.15) is 0 Å². The van der Waals surface area contributed by atoms with Crippen LogP contribution in [-0.2, 0) is 17.4 Å².